The molecule has 1 aromatic rings. The number of ether oxygens (including phenoxy) is 1. The van der Waals surface area contributed by atoms with Crippen LogP contribution in [0.25, 0.3) is 0 Å². The van der Waals surface area contributed by atoms with Gasteiger partial charge in [-0.25, -0.2) is 9.59 Å². The van der Waals surface area contributed by atoms with Gasteiger partial charge in [0.2, 0.25) is 11.8 Å². The van der Waals surface area contributed by atoms with E-state index in [0.717, 1.165) is 24.8 Å². The molecular formula is C25H35N3O6. The maximum atomic E-state index is 13.0. The highest BCUT2D eigenvalue weighted by molar-refractivity contribution is 5.90. The lowest BCUT2D eigenvalue weighted by Crippen LogP contribution is -2.54. The van der Waals surface area contributed by atoms with Crippen molar-refractivity contribution in [1.82, 2.24) is 16.0 Å². The summed E-state index contributed by atoms with van der Waals surface area (Å²) < 4.78 is 5.81. The molecule has 1 aromatic carbocycles. The van der Waals surface area contributed by atoms with Crippen LogP contribution < -0.4 is 16.0 Å². The van der Waals surface area contributed by atoms with Gasteiger partial charge >= 0.3 is 12.1 Å². The number of alkyl carbamates (subject to hydrolysis) is 1. The smallest absolute Gasteiger partial charge is 0.408 e. The van der Waals surface area contributed by atoms with Crippen molar-refractivity contribution < 1.29 is 29.0 Å². The van der Waals surface area contributed by atoms with Crippen molar-refractivity contribution in [2.75, 3.05) is 6.54 Å². The zero-order valence-electron chi connectivity index (χ0n) is 19.8. The molecule has 3 atom stereocenters. The third kappa shape index (κ3) is 6.95. The number of rotatable bonds is 11. The highest BCUT2D eigenvalue weighted by atomic mass is 16.6. The van der Waals surface area contributed by atoms with Crippen LogP contribution in [0.2, 0.25) is 0 Å². The second kappa shape index (κ2) is 11.4. The van der Waals surface area contributed by atoms with Gasteiger partial charge in [-0.2, -0.15) is 0 Å². The molecule has 3 rings (SSSR count). The molecular weight excluding hydrogens is 438 g/mol. The van der Waals surface area contributed by atoms with Gasteiger partial charge < -0.3 is 25.8 Å². The number of benzene rings is 1. The molecule has 3 amide bonds. The van der Waals surface area contributed by atoms with Crippen molar-refractivity contribution in [3.63, 3.8) is 0 Å². The molecule has 2 aliphatic rings. The fraction of sp³-hybridized carbons (Fsp3) is 0.600. The molecule has 3 unspecified atom stereocenters. The predicted octanol–water partition coefficient (Wildman–Crippen LogP) is 2.39. The van der Waals surface area contributed by atoms with Crippen LogP contribution in [-0.4, -0.2) is 53.2 Å². The van der Waals surface area contributed by atoms with E-state index in [1.165, 1.54) is 0 Å². The van der Waals surface area contributed by atoms with Crippen LogP contribution in [-0.2, 0) is 25.5 Å². The molecule has 1 aliphatic heterocycles. The first-order chi connectivity index (χ1) is 16.2. The van der Waals surface area contributed by atoms with Crippen molar-refractivity contribution in [3.05, 3.63) is 35.9 Å². The van der Waals surface area contributed by atoms with E-state index in [9.17, 15) is 24.3 Å². The quantitative estimate of drug-likeness (QED) is 0.390. The SMILES string of the molecule is CC(C)CC(NC(=O)OC1(Cc2ccccc2)CCC1)C(=O)NC(CC1CCNC1=O)C(=O)O. The van der Waals surface area contributed by atoms with E-state index in [1.807, 2.05) is 44.2 Å². The number of amides is 3. The van der Waals surface area contributed by atoms with Gasteiger partial charge in [0, 0.05) is 18.9 Å². The summed E-state index contributed by atoms with van der Waals surface area (Å²) in [4.78, 5) is 49.4. The maximum absolute atomic E-state index is 13.0. The van der Waals surface area contributed by atoms with Gasteiger partial charge in [0.15, 0.2) is 0 Å². The summed E-state index contributed by atoms with van der Waals surface area (Å²) in [7, 11) is 0. The largest absolute Gasteiger partial charge is 0.480 e. The minimum Gasteiger partial charge on any atom is -0.480 e. The van der Waals surface area contributed by atoms with Crippen molar-refractivity contribution in [1.29, 1.82) is 0 Å². The Kier molecular flexibility index (Phi) is 8.52. The second-order valence-corrected chi connectivity index (χ2v) is 9.83. The Labute approximate surface area is 200 Å². The molecule has 2 fully saturated rings. The molecule has 0 spiro atoms. The summed E-state index contributed by atoms with van der Waals surface area (Å²) in [5.74, 6) is -2.40. The molecule has 186 valence electrons. The highest BCUT2D eigenvalue weighted by Crippen LogP contribution is 2.38. The van der Waals surface area contributed by atoms with E-state index >= 15 is 0 Å². The van der Waals surface area contributed by atoms with Gasteiger partial charge in [-0.15, -0.1) is 0 Å². The fourth-order valence-electron chi connectivity index (χ4n) is 4.57. The molecule has 0 bridgehead atoms. The first kappa shape index (κ1) is 25.5. The van der Waals surface area contributed by atoms with E-state index in [0.29, 0.717) is 25.8 Å². The second-order valence-electron chi connectivity index (χ2n) is 9.83. The molecule has 9 heteroatoms. The molecule has 4 N–H and O–H groups in total. The number of carboxylic acids is 1. The first-order valence-electron chi connectivity index (χ1n) is 12.0. The summed E-state index contributed by atoms with van der Waals surface area (Å²) in [6.45, 7) is 4.32. The number of nitrogens with one attached hydrogen (secondary N) is 3. The van der Waals surface area contributed by atoms with Crippen LogP contribution in [0.1, 0.15) is 57.9 Å². The van der Waals surface area contributed by atoms with Crippen LogP contribution in [0.4, 0.5) is 4.79 Å². The standard InChI is InChI=1S/C25H35N3O6/c1-16(2)13-19(22(30)27-20(23(31)32)14-18-9-12-26-21(18)29)28-24(33)34-25(10-6-11-25)15-17-7-4-3-5-8-17/h3-5,7-8,16,18-20H,6,9-15H2,1-2H3,(H,26,29)(H,27,30)(H,28,33)(H,31,32). The molecule has 0 radical (unpaired) electrons. The fourth-order valence-corrected chi connectivity index (χ4v) is 4.57. The topological polar surface area (TPSA) is 134 Å². The Balaban J connectivity index is 1.62. The zero-order chi connectivity index (χ0) is 24.7. The number of hydrogen-bond acceptors (Lipinski definition) is 5. The van der Waals surface area contributed by atoms with E-state index < -0.39 is 41.6 Å². The number of aliphatic carboxylic acids is 1. The summed E-state index contributed by atoms with van der Waals surface area (Å²) in [6.07, 6.45) is 3.25. The van der Waals surface area contributed by atoms with Crippen molar-refractivity contribution in [2.45, 2.75) is 76.5 Å². The Morgan fingerprint density at radius 1 is 1.15 bits per heavy atom. The summed E-state index contributed by atoms with van der Waals surface area (Å²) in [5.41, 5.74) is 0.482. The average molecular weight is 474 g/mol. The predicted molar refractivity (Wildman–Crippen MR) is 125 cm³/mol. The van der Waals surface area contributed by atoms with Gasteiger partial charge in [-0.05, 0) is 50.0 Å². The van der Waals surface area contributed by atoms with Crippen LogP contribution in [0.5, 0.6) is 0 Å². The molecule has 0 aromatic heterocycles. The average Bonchev–Trinajstić information content (AvgIpc) is 3.15. The van der Waals surface area contributed by atoms with Crippen LogP contribution >= 0.6 is 0 Å². The zero-order valence-corrected chi connectivity index (χ0v) is 19.8. The van der Waals surface area contributed by atoms with Crippen molar-refractivity contribution in [3.8, 4) is 0 Å². The number of carboxylic acid groups (broad SMARTS) is 1. The highest BCUT2D eigenvalue weighted by Gasteiger charge is 2.42. The number of carbonyl (C=O) groups excluding carboxylic acids is 3. The van der Waals surface area contributed by atoms with E-state index in [4.69, 9.17) is 4.74 Å². The van der Waals surface area contributed by atoms with Gasteiger partial charge in [0.1, 0.15) is 17.7 Å². The first-order valence-corrected chi connectivity index (χ1v) is 12.0. The lowest BCUT2D eigenvalue weighted by Gasteiger charge is -2.41. The summed E-state index contributed by atoms with van der Waals surface area (Å²) in [5, 5.41) is 17.4. The molecule has 1 saturated heterocycles. The van der Waals surface area contributed by atoms with Gasteiger partial charge in [-0.1, -0.05) is 44.2 Å². The normalized spacial score (nSPS) is 20.6. The number of carbonyl (C=O) groups is 4. The Hall–Kier alpha value is -3.10. The summed E-state index contributed by atoms with van der Waals surface area (Å²) in [6, 6.07) is 7.64. The third-order valence-electron chi connectivity index (χ3n) is 6.56. The van der Waals surface area contributed by atoms with Gasteiger partial charge in [-0.3, -0.25) is 9.59 Å². The van der Waals surface area contributed by atoms with E-state index in [-0.39, 0.29) is 18.2 Å². The summed E-state index contributed by atoms with van der Waals surface area (Å²) >= 11 is 0. The van der Waals surface area contributed by atoms with Crippen molar-refractivity contribution in [2.24, 2.45) is 11.8 Å². The van der Waals surface area contributed by atoms with Crippen LogP contribution in [0.15, 0.2) is 30.3 Å². The van der Waals surface area contributed by atoms with Gasteiger partial charge in [0.25, 0.3) is 0 Å². The Morgan fingerprint density at radius 3 is 2.38 bits per heavy atom. The third-order valence-corrected chi connectivity index (χ3v) is 6.56. The molecule has 1 heterocycles. The minimum atomic E-state index is -1.22. The Bertz CT molecular complexity index is 884. The van der Waals surface area contributed by atoms with Gasteiger partial charge in [0.05, 0.1) is 0 Å². The molecule has 34 heavy (non-hydrogen) atoms. The van der Waals surface area contributed by atoms with E-state index in [2.05, 4.69) is 16.0 Å². The molecule has 1 saturated carbocycles. The number of hydrogen-bond donors (Lipinski definition) is 4. The van der Waals surface area contributed by atoms with Crippen LogP contribution in [0.3, 0.4) is 0 Å². The molecule has 1 aliphatic carbocycles. The minimum absolute atomic E-state index is 0.00589. The Morgan fingerprint density at radius 2 is 1.85 bits per heavy atom. The lowest BCUT2D eigenvalue weighted by molar-refractivity contribution is -0.143. The van der Waals surface area contributed by atoms with E-state index in [1.54, 1.807) is 0 Å². The van der Waals surface area contributed by atoms with Crippen LogP contribution in [0, 0.1) is 11.8 Å². The van der Waals surface area contributed by atoms with Crippen molar-refractivity contribution >= 4 is 23.9 Å². The maximum Gasteiger partial charge on any atom is 0.408 e. The monoisotopic (exact) mass is 473 g/mol. The lowest BCUT2D eigenvalue weighted by atomic mass is 9.76. The molecule has 9 nitrogen and oxygen atoms in total.